The number of hydrogen-bond donors (Lipinski definition) is 2. The number of amides is 1. The molecule has 0 aliphatic carbocycles. The average molecular weight is 388 g/mol. The van der Waals surface area contributed by atoms with Gasteiger partial charge in [0.2, 0.25) is 10.0 Å². The van der Waals surface area contributed by atoms with Crippen molar-refractivity contribution >= 4 is 21.6 Å². The van der Waals surface area contributed by atoms with Gasteiger partial charge in [0.05, 0.1) is 10.6 Å². The molecule has 6 nitrogen and oxygen atoms in total. The summed E-state index contributed by atoms with van der Waals surface area (Å²) < 4.78 is 27.2. The molecule has 1 aliphatic rings. The molecule has 1 atom stereocenters. The summed E-state index contributed by atoms with van der Waals surface area (Å²) in [6, 6.07) is 10.8. The fourth-order valence-electron chi connectivity index (χ4n) is 3.28. The summed E-state index contributed by atoms with van der Waals surface area (Å²) in [4.78, 5) is 12.6. The van der Waals surface area contributed by atoms with E-state index in [9.17, 15) is 18.3 Å². The molecule has 7 heteroatoms. The number of aromatic hydroxyl groups is 1. The van der Waals surface area contributed by atoms with Gasteiger partial charge in [-0.05, 0) is 68.7 Å². The highest BCUT2D eigenvalue weighted by atomic mass is 32.2. The highest BCUT2D eigenvalue weighted by Gasteiger charge is 2.30. The first-order valence-electron chi connectivity index (χ1n) is 9.02. The van der Waals surface area contributed by atoms with Crippen LogP contribution in [-0.4, -0.2) is 36.3 Å². The van der Waals surface area contributed by atoms with Gasteiger partial charge in [-0.3, -0.25) is 4.79 Å². The van der Waals surface area contributed by atoms with Crippen LogP contribution < -0.4 is 5.32 Å². The normalized spacial score (nSPS) is 18.2. The Morgan fingerprint density at radius 1 is 1.15 bits per heavy atom. The van der Waals surface area contributed by atoms with Crippen LogP contribution >= 0.6 is 0 Å². The number of hydrogen-bond acceptors (Lipinski definition) is 4. The molecule has 2 N–H and O–H groups in total. The number of phenols is 1. The van der Waals surface area contributed by atoms with Crippen molar-refractivity contribution in [2.75, 3.05) is 11.9 Å². The van der Waals surface area contributed by atoms with Gasteiger partial charge in [-0.25, -0.2) is 8.42 Å². The molecule has 3 rings (SSSR count). The molecule has 0 unspecified atom stereocenters. The smallest absolute Gasteiger partial charge is 0.255 e. The van der Waals surface area contributed by atoms with Crippen LogP contribution in [-0.2, 0) is 10.0 Å². The minimum Gasteiger partial charge on any atom is -0.506 e. The summed E-state index contributed by atoms with van der Waals surface area (Å²) in [7, 11) is -3.56. The van der Waals surface area contributed by atoms with Crippen molar-refractivity contribution < 1.29 is 18.3 Å². The molecule has 2 aromatic carbocycles. The van der Waals surface area contributed by atoms with E-state index in [2.05, 4.69) is 5.32 Å². The molecule has 1 fully saturated rings. The third kappa shape index (κ3) is 4.14. The first-order chi connectivity index (χ1) is 12.8. The van der Waals surface area contributed by atoms with Crippen molar-refractivity contribution in [3.05, 3.63) is 53.6 Å². The van der Waals surface area contributed by atoms with Crippen LogP contribution in [0.1, 0.15) is 42.1 Å². The molecule has 0 bridgehead atoms. The van der Waals surface area contributed by atoms with Gasteiger partial charge < -0.3 is 10.4 Å². The van der Waals surface area contributed by atoms with Crippen molar-refractivity contribution in [1.29, 1.82) is 0 Å². The number of phenolic OH excluding ortho intramolecular Hbond substituents is 1. The lowest BCUT2D eigenvalue weighted by Crippen LogP contribution is -2.41. The molecule has 1 saturated heterocycles. The Kier molecular flexibility index (Phi) is 5.53. The van der Waals surface area contributed by atoms with Gasteiger partial charge >= 0.3 is 0 Å². The molecule has 0 aromatic heterocycles. The molecule has 1 amide bonds. The van der Waals surface area contributed by atoms with E-state index in [4.69, 9.17) is 0 Å². The summed E-state index contributed by atoms with van der Waals surface area (Å²) in [6.07, 6.45) is 2.77. The van der Waals surface area contributed by atoms with Gasteiger partial charge in [0.25, 0.3) is 5.91 Å². The number of nitrogens with one attached hydrogen (secondary N) is 1. The Bertz CT molecular complexity index is 939. The second-order valence-electron chi connectivity index (χ2n) is 6.96. The van der Waals surface area contributed by atoms with E-state index in [0.29, 0.717) is 17.8 Å². The van der Waals surface area contributed by atoms with Gasteiger partial charge in [0.1, 0.15) is 5.75 Å². The van der Waals surface area contributed by atoms with Gasteiger partial charge in [0.15, 0.2) is 0 Å². The number of aryl methyl sites for hydroxylation is 1. The number of carbonyl (C=O) groups excluding carboxylic acids is 1. The van der Waals surface area contributed by atoms with E-state index >= 15 is 0 Å². The van der Waals surface area contributed by atoms with E-state index in [1.165, 1.54) is 28.6 Å². The van der Waals surface area contributed by atoms with Crippen molar-refractivity contribution in [3.63, 3.8) is 0 Å². The monoisotopic (exact) mass is 388 g/mol. The predicted molar refractivity (Wildman–Crippen MR) is 104 cm³/mol. The Hall–Kier alpha value is -2.38. The maximum absolute atomic E-state index is 12.8. The SMILES string of the molecule is Cc1ccc(NC(=O)c2ccc(S(=O)(=O)N3CCCC[C@@H]3C)cc2)c(O)c1. The maximum atomic E-state index is 12.8. The fraction of sp³-hybridized carbons (Fsp3) is 0.350. The lowest BCUT2D eigenvalue weighted by atomic mass is 10.1. The van der Waals surface area contributed by atoms with Crippen LogP contribution in [0.2, 0.25) is 0 Å². The minimum absolute atomic E-state index is 0.0124. The van der Waals surface area contributed by atoms with Crippen LogP contribution in [0.3, 0.4) is 0 Å². The van der Waals surface area contributed by atoms with Crippen LogP contribution in [0.15, 0.2) is 47.4 Å². The number of nitrogens with zero attached hydrogens (tertiary/aromatic N) is 1. The third-order valence-corrected chi connectivity index (χ3v) is 6.89. The molecule has 0 radical (unpaired) electrons. The Morgan fingerprint density at radius 3 is 2.48 bits per heavy atom. The largest absolute Gasteiger partial charge is 0.506 e. The van der Waals surface area contributed by atoms with E-state index in [-0.39, 0.29) is 16.7 Å². The lowest BCUT2D eigenvalue weighted by molar-refractivity contribution is 0.102. The summed E-state index contributed by atoms with van der Waals surface area (Å²) >= 11 is 0. The maximum Gasteiger partial charge on any atom is 0.255 e. The molecule has 2 aromatic rings. The van der Waals surface area contributed by atoms with Crippen molar-refractivity contribution in [2.45, 2.75) is 44.0 Å². The lowest BCUT2D eigenvalue weighted by Gasteiger charge is -2.32. The molecule has 0 spiro atoms. The van der Waals surface area contributed by atoms with E-state index < -0.39 is 15.9 Å². The third-order valence-electron chi connectivity index (χ3n) is 4.87. The van der Waals surface area contributed by atoms with Gasteiger partial charge in [-0.1, -0.05) is 12.5 Å². The summed E-state index contributed by atoms with van der Waals surface area (Å²) in [5, 5.41) is 12.5. The molecule has 0 saturated carbocycles. The molecular weight excluding hydrogens is 364 g/mol. The number of piperidine rings is 1. The fourth-order valence-corrected chi connectivity index (χ4v) is 4.98. The van der Waals surface area contributed by atoms with E-state index in [0.717, 1.165) is 24.8 Å². The topological polar surface area (TPSA) is 86.7 Å². The number of rotatable bonds is 4. The second kappa shape index (κ2) is 7.70. The molecule has 1 heterocycles. The Balaban J connectivity index is 1.77. The minimum atomic E-state index is -3.56. The standard InChI is InChI=1S/C20H24N2O4S/c1-14-6-11-18(19(23)13-14)21-20(24)16-7-9-17(10-8-16)27(25,26)22-12-4-3-5-15(22)2/h6-11,13,15,23H,3-5,12H2,1-2H3,(H,21,24)/t15-/m0/s1. The molecule has 144 valence electrons. The van der Waals surface area contributed by atoms with Crippen molar-refractivity contribution in [1.82, 2.24) is 4.31 Å². The zero-order valence-electron chi connectivity index (χ0n) is 15.5. The highest BCUT2D eigenvalue weighted by molar-refractivity contribution is 7.89. The quantitative estimate of drug-likeness (QED) is 0.785. The van der Waals surface area contributed by atoms with E-state index in [1.54, 1.807) is 18.2 Å². The first-order valence-corrected chi connectivity index (χ1v) is 10.5. The zero-order chi connectivity index (χ0) is 19.6. The molecule has 27 heavy (non-hydrogen) atoms. The van der Waals surface area contributed by atoms with Gasteiger partial charge in [0, 0.05) is 18.2 Å². The summed E-state index contributed by atoms with van der Waals surface area (Å²) in [5.74, 6) is -0.425. The number of benzene rings is 2. The summed E-state index contributed by atoms with van der Waals surface area (Å²) in [6.45, 7) is 4.29. The first kappa shape index (κ1) is 19.4. The number of carbonyl (C=O) groups is 1. The van der Waals surface area contributed by atoms with Gasteiger partial charge in [-0.15, -0.1) is 0 Å². The van der Waals surface area contributed by atoms with Crippen LogP contribution in [0, 0.1) is 6.92 Å². The van der Waals surface area contributed by atoms with Crippen molar-refractivity contribution in [2.24, 2.45) is 0 Å². The van der Waals surface area contributed by atoms with Crippen LogP contribution in [0.25, 0.3) is 0 Å². The Morgan fingerprint density at radius 2 is 1.85 bits per heavy atom. The highest BCUT2D eigenvalue weighted by Crippen LogP contribution is 2.26. The van der Waals surface area contributed by atoms with Gasteiger partial charge in [-0.2, -0.15) is 4.31 Å². The average Bonchev–Trinajstić information content (AvgIpc) is 2.64. The second-order valence-corrected chi connectivity index (χ2v) is 8.85. The van der Waals surface area contributed by atoms with Crippen LogP contribution in [0.4, 0.5) is 5.69 Å². The molecular formula is C20H24N2O4S. The predicted octanol–water partition coefficient (Wildman–Crippen LogP) is 3.52. The summed E-state index contributed by atoms with van der Waals surface area (Å²) in [5.41, 5.74) is 1.51. The van der Waals surface area contributed by atoms with E-state index in [1.807, 2.05) is 13.8 Å². The molecule has 1 aliphatic heterocycles. The van der Waals surface area contributed by atoms with Crippen LogP contribution in [0.5, 0.6) is 5.75 Å². The number of sulfonamides is 1. The van der Waals surface area contributed by atoms with Crippen molar-refractivity contribution in [3.8, 4) is 5.75 Å². The number of anilines is 1. The Labute approximate surface area is 159 Å². The zero-order valence-corrected chi connectivity index (χ0v) is 16.3.